The summed E-state index contributed by atoms with van der Waals surface area (Å²) in [7, 11) is 0. The van der Waals surface area contributed by atoms with Gasteiger partial charge in [-0.2, -0.15) is 5.10 Å². The fraction of sp³-hybridized carbons (Fsp3) is 0.0833. The minimum atomic E-state index is 0.742. The molecule has 1 aromatic carbocycles. The molecule has 96 valence electrons. The molecule has 2 heterocycles. The van der Waals surface area contributed by atoms with E-state index in [4.69, 9.17) is 0 Å². The average Bonchev–Trinajstić information content (AvgIpc) is 3.01. The smallest absolute Gasteiger partial charge is 0.210 e. The maximum Gasteiger partial charge on any atom is 0.210 e. The van der Waals surface area contributed by atoms with Gasteiger partial charge < -0.3 is 5.32 Å². The van der Waals surface area contributed by atoms with Gasteiger partial charge in [0.2, 0.25) is 5.13 Å². The summed E-state index contributed by atoms with van der Waals surface area (Å²) in [5.41, 5.74) is 2.12. The summed E-state index contributed by atoms with van der Waals surface area (Å²) in [5.74, 6) is 0. The van der Waals surface area contributed by atoms with Gasteiger partial charge in [-0.15, -0.1) is 10.2 Å². The largest absolute Gasteiger partial charge is 0.327 e. The molecule has 0 amide bonds. The minimum Gasteiger partial charge on any atom is -0.327 e. The highest BCUT2D eigenvalue weighted by molar-refractivity contribution is 9.11. The van der Waals surface area contributed by atoms with E-state index in [1.54, 1.807) is 6.20 Å². The maximum absolute atomic E-state index is 4.31. The zero-order valence-electron chi connectivity index (χ0n) is 9.82. The van der Waals surface area contributed by atoms with Crippen LogP contribution in [0.25, 0.3) is 0 Å². The van der Waals surface area contributed by atoms with Crippen molar-refractivity contribution >= 4 is 38.1 Å². The van der Waals surface area contributed by atoms with E-state index < -0.39 is 0 Å². The van der Waals surface area contributed by atoms with Crippen molar-refractivity contribution in [2.75, 3.05) is 5.32 Å². The molecule has 0 aliphatic rings. The Hall–Kier alpha value is -1.73. The van der Waals surface area contributed by atoms with E-state index in [2.05, 4.69) is 48.7 Å². The normalized spacial score (nSPS) is 10.6. The summed E-state index contributed by atoms with van der Waals surface area (Å²) >= 11 is 4.72. The number of rotatable bonds is 4. The van der Waals surface area contributed by atoms with E-state index in [0.717, 1.165) is 21.3 Å². The summed E-state index contributed by atoms with van der Waals surface area (Å²) in [5, 5.41) is 16.1. The Bertz CT molecular complexity index is 664. The lowest BCUT2D eigenvalue weighted by Crippen LogP contribution is -1.99. The highest BCUT2D eigenvalue weighted by Gasteiger charge is 2.04. The van der Waals surface area contributed by atoms with Crippen LogP contribution in [0.5, 0.6) is 0 Å². The molecule has 3 rings (SSSR count). The molecule has 0 atom stereocenters. The van der Waals surface area contributed by atoms with Gasteiger partial charge in [-0.1, -0.05) is 41.7 Å². The molecule has 0 unspecified atom stereocenters. The van der Waals surface area contributed by atoms with Crippen LogP contribution in [-0.4, -0.2) is 20.0 Å². The van der Waals surface area contributed by atoms with Crippen molar-refractivity contribution in [2.24, 2.45) is 0 Å². The molecule has 1 N–H and O–H groups in total. The van der Waals surface area contributed by atoms with Crippen molar-refractivity contribution in [3.8, 4) is 0 Å². The van der Waals surface area contributed by atoms with Crippen LogP contribution in [-0.2, 0) is 6.54 Å². The van der Waals surface area contributed by atoms with Crippen LogP contribution in [0.2, 0.25) is 0 Å². The Morgan fingerprint density at radius 2 is 2.05 bits per heavy atom. The quantitative estimate of drug-likeness (QED) is 0.794. The molecule has 2 aromatic heterocycles. The number of benzene rings is 1. The molecule has 0 saturated heterocycles. The predicted octanol–water partition coefficient (Wildman–Crippen LogP) is 3.29. The molecule has 3 aromatic rings. The summed E-state index contributed by atoms with van der Waals surface area (Å²) < 4.78 is 2.64. The second kappa shape index (κ2) is 5.50. The summed E-state index contributed by atoms with van der Waals surface area (Å²) in [4.78, 5) is 0. The standard InChI is InChI=1S/C12H10BrN5S/c13-11-16-17-12(19-11)15-10-6-14-18(8-10)7-9-4-2-1-3-5-9/h1-6,8H,7H2,(H,15,17). The van der Waals surface area contributed by atoms with Gasteiger partial charge >= 0.3 is 0 Å². The Morgan fingerprint density at radius 3 is 2.79 bits per heavy atom. The lowest BCUT2D eigenvalue weighted by molar-refractivity contribution is 0.687. The van der Waals surface area contributed by atoms with Crippen molar-refractivity contribution in [1.82, 2.24) is 20.0 Å². The number of hydrogen-bond donors (Lipinski definition) is 1. The van der Waals surface area contributed by atoms with Crippen LogP contribution in [0.4, 0.5) is 10.8 Å². The maximum atomic E-state index is 4.31. The van der Waals surface area contributed by atoms with Gasteiger partial charge in [0, 0.05) is 6.20 Å². The lowest BCUT2D eigenvalue weighted by atomic mass is 10.2. The molecular formula is C12H10BrN5S. The molecule has 19 heavy (non-hydrogen) atoms. The lowest BCUT2D eigenvalue weighted by Gasteiger charge is -2.00. The third kappa shape index (κ3) is 3.18. The van der Waals surface area contributed by atoms with Gasteiger partial charge in [0.25, 0.3) is 0 Å². The van der Waals surface area contributed by atoms with Crippen LogP contribution in [0.1, 0.15) is 5.56 Å². The molecule has 5 nitrogen and oxygen atoms in total. The second-order valence-electron chi connectivity index (χ2n) is 3.90. The number of nitrogens with one attached hydrogen (secondary N) is 1. The molecular weight excluding hydrogens is 326 g/mol. The number of anilines is 2. The van der Waals surface area contributed by atoms with Gasteiger partial charge in [0.1, 0.15) is 0 Å². The van der Waals surface area contributed by atoms with E-state index in [0.29, 0.717) is 0 Å². The Balaban J connectivity index is 1.69. The number of nitrogens with zero attached hydrogens (tertiary/aromatic N) is 4. The van der Waals surface area contributed by atoms with Crippen molar-refractivity contribution in [3.05, 3.63) is 52.2 Å². The van der Waals surface area contributed by atoms with Crippen LogP contribution < -0.4 is 5.32 Å². The molecule has 0 bridgehead atoms. The van der Waals surface area contributed by atoms with Crippen molar-refractivity contribution in [3.63, 3.8) is 0 Å². The first-order valence-corrected chi connectivity index (χ1v) is 7.23. The Morgan fingerprint density at radius 1 is 1.21 bits per heavy atom. The molecule has 0 saturated carbocycles. The van der Waals surface area contributed by atoms with Crippen molar-refractivity contribution in [2.45, 2.75) is 6.54 Å². The first kappa shape index (κ1) is 12.3. The predicted molar refractivity (Wildman–Crippen MR) is 78.7 cm³/mol. The monoisotopic (exact) mass is 335 g/mol. The Kier molecular flexibility index (Phi) is 3.56. The number of halogens is 1. The summed E-state index contributed by atoms with van der Waals surface area (Å²) in [6.45, 7) is 0.752. The average molecular weight is 336 g/mol. The van der Waals surface area contributed by atoms with Gasteiger partial charge in [-0.25, -0.2) is 0 Å². The third-order valence-electron chi connectivity index (χ3n) is 2.47. The van der Waals surface area contributed by atoms with Gasteiger partial charge in [-0.3, -0.25) is 4.68 Å². The SMILES string of the molecule is Brc1nnc(Nc2cnn(Cc3ccccc3)c2)s1. The Labute approximate surface area is 122 Å². The fourth-order valence-electron chi connectivity index (χ4n) is 1.66. The van der Waals surface area contributed by atoms with E-state index >= 15 is 0 Å². The zero-order chi connectivity index (χ0) is 13.1. The second-order valence-corrected chi connectivity index (χ2v) is 6.15. The first-order valence-electron chi connectivity index (χ1n) is 5.62. The van der Waals surface area contributed by atoms with Gasteiger partial charge in [0.15, 0.2) is 3.92 Å². The van der Waals surface area contributed by atoms with Crippen LogP contribution in [0.3, 0.4) is 0 Å². The molecule has 0 aliphatic heterocycles. The van der Waals surface area contributed by atoms with Crippen LogP contribution in [0, 0.1) is 0 Å². The highest BCUT2D eigenvalue weighted by atomic mass is 79.9. The van der Waals surface area contributed by atoms with Crippen molar-refractivity contribution < 1.29 is 0 Å². The summed E-state index contributed by atoms with van der Waals surface area (Å²) in [6.07, 6.45) is 3.72. The van der Waals surface area contributed by atoms with Crippen LogP contribution in [0.15, 0.2) is 46.6 Å². The van der Waals surface area contributed by atoms with Gasteiger partial charge in [-0.05, 0) is 21.5 Å². The molecule has 0 aliphatic carbocycles. The summed E-state index contributed by atoms with van der Waals surface area (Å²) in [6, 6.07) is 10.2. The first-order chi connectivity index (χ1) is 9.29. The van der Waals surface area contributed by atoms with E-state index in [1.165, 1.54) is 16.9 Å². The number of hydrogen-bond acceptors (Lipinski definition) is 5. The van der Waals surface area contributed by atoms with E-state index in [-0.39, 0.29) is 0 Å². The molecule has 7 heteroatoms. The minimum absolute atomic E-state index is 0.742. The topological polar surface area (TPSA) is 55.6 Å². The van der Waals surface area contributed by atoms with Crippen LogP contribution >= 0.6 is 27.3 Å². The molecule has 0 spiro atoms. The highest BCUT2D eigenvalue weighted by Crippen LogP contribution is 2.23. The fourth-order valence-corrected chi connectivity index (χ4v) is 2.70. The van der Waals surface area contributed by atoms with E-state index in [9.17, 15) is 0 Å². The number of aromatic nitrogens is 4. The zero-order valence-corrected chi connectivity index (χ0v) is 12.2. The molecule has 0 fully saturated rings. The molecule has 0 radical (unpaired) electrons. The van der Waals surface area contributed by atoms with E-state index in [1.807, 2.05) is 29.1 Å². The van der Waals surface area contributed by atoms with Crippen molar-refractivity contribution in [1.29, 1.82) is 0 Å². The third-order valence-corrected chi connectivity index (χ3v) is 3.74. The van der Waals surface area contributed by atoms with Gasteiger partial charge in [0.05, 0.1) is 18.4 Å².